The van der Waals surface area contributed by atoms with Crippen LogP contribution in [0.2, 0.25) is 40.7 Å². The average molecular weight is 291 g/mol. The van der Waals surface area contributed by atoms with E-state index in [9.17, 15) is 0 Å². The SMILES string of the molecule is C[CH2][Ge]([CH2]C)([CH2]C)[CH2]CCO[Si](C)(C)C. The van der Waals surface area contributed by atoms with E-state index in [1.54, 1.807) is 0 Å². The summed E-state index contributed by atoms with van der Waals surface area (Å²) in [5.74, 6) is 0. The third-order valence-corrected chi connectivity index (χ3v) is 17.1. The van der Waals surface area contributed by atoms with Gasteiger partial charge in [-0.15, -0.1) is 0 Å². The van der Waals surface area contributed by atoms with Crippen molar-refractivity contribution in [2.24, 2.45) is 0 Å². The van der Waals surface area contributed by atoms with Crippen LogP contribution in [0.1, 0.15) is 27.2 Å². The molecule has 0 atom stereocenters. The summed E-state index contributed by atoms with van der Waals surface area (Å²) in [5.41, 5.74) is 0. The van der Waals surface area contributed by atoms with Gasteiger partial charge in [0.1, 0.15) is 0 Å². The van der Waals surface area contributed by atoms with Crippen LogP contribution in [-0.4, -0.2) is 28.2 Å². The molecule has 0 aliphatic heterocycles. The van der Waals surface area contributed by atoms with Crippen LogP contribution in [0.5, 0.6) is 0 Å². The van der Waals surface area contributed by atoms with Gasteiger partial charge in [-0.25, -0.2) is 0 Å². The van der Waals surface area contributed by atoms with Crippen molar-refractivity contribution in [1.29, 1.82) is 0 Å². The Kier molecular flexibility index (Phi) is 7.47. The van der Waals surface area contributed by atoms with Crippen LogP contribution in [0.4, 0.5) is 0 Å². The minimum absolute atomic E-state index is 1.02. The Morgan fingerprint density at radius 1 is 0.933 bits per heavy atom. The van der Waals surface area contributed by atoms with Crippen molar-refractivity contribution >= 4 is 21.6 Å². The predicted molar refractivity (Wildman–Crippen MR) is 75.9 cm³/mol. The molecular weight excluding hydrogens is 261 g/mol. The number of rotatable bonds is 8. The van der Waals surface area contributed by atoms with E-state index < -0.39 is 21.6 Å². The second-order valence-corrected chi connectivity index (χ2v) is 21.9. The topological polar surface area (TPSA) is 9.23 Å². The van der Waals surface area contributed by atoms with Gasteiger partial charge in [0.2, 0.25) is 0 Å². The molecule has 0 saturated heterocycles. The Bertz CT molecular complexity index is 153. The van der Waals surface area contributed by atoms with Gasteiger partial charge in [-0.3, -0.25) is 0 Å². The van der Waals surface area contributed by atoms with E-state index in [2.05, 4.69) is 40.4 Å². The summed E-state index contributed by atoms with van der Waals surface area (Å²) in [6.07, 6.45) is 1.32. The molecule has 3 heteroatoms. The minimum atomic E-state index is -1.39. The van der Waals surface area contributed by atoms with Gasteiger partial charge in [-0.05, 0) is 0 Å². The van der Waals surface area contributed by atoms with E-state index in [4.69, 9.17) is 4.43 Å². The normalized spacial score (nSPS) is 13.2. The molecule has 1 nitrogen and oxygen atoms in total. The molecule has 92 valence electrons. The maximum absolute atomic E-state index is 5.93. The molecule has 0 aliphatic carbocycles. The molecule has 15 heavy (non-hydrogen) atoms. The van der Waals surface area contributed by atoms with Crippen molar-refractivity contribution in [1.82, 2.24) is 0 Å². The molecule has 0 bridgehead atoms. The van der Waals surface area contributed by atoms with Gasteiger partial charge in [0.25, 0.3) is 0 Å². The molecule has 0 radical (unpaired) electrons. The summed E-state index contributed by atoms with van der Waals surface area (Å²) >= 11 is -1.39. The molecule has 0 unspecified atom stereocenters. The van der Waals surface area contributed by atoms with Crippen LogP contribution >= 0.6 is 0 Å². The molecule has 0 aromatic carbocycles. The van der Waals surface area contributed by atoms with Gasteiger partial charge >= 0.3 is 100 Å². The van der Waals surface area contributed by atoms with Gasteiger partial charge in [-0.1, -0.05) is 0 Å². The maximum atomic E-state index is 5.93. The van der Waals surface area contributed by atoms with Crippen LogP contribution in [0.3, 0.4) is 0 Å². The third kappa shape index (κ3) is 6.80. The fraction of sp³-hybridized carbons (Fsp3) is 1.00. The summed E-state index contributed by atoms with van der Waals surface area (Å²) < 4.78 is 5.93. The molecule has 0 aliphatic rings. The van der Waals surface area contributed by atoms with Crippen molar-refractivity contribution in [2.45, 2.75) is 67.8 Å². The van der Waals surface area contributed by atoms with Gasteiger partial charge in [0.05, 0.1) is 0 Å². The number of hydrogen-bond donors (Lipinski definition) is 0. The Morgan fingerprint density at radius 3 is 1.73 bits per heavy atom. The first-order valence-corrected chi connectivity index (χ1v) is 15.9. The zero-order chi connectivity index (χ0) is 11.9. The van der Waals surface area contributed by atoms with Crippen molar-refractivity contribution in [3.05, 3.63) is 0 Å². The molecule has 0 aromatic rings. The van der Waals surface area contributed by atoms with Crippen LogP contribution in [-0.2, 0) is 4.43 Å². The van der Waals surface area contributed by atoms with Crippen molar-refractivity contribution in [3.8, 4) is 0 Å². The molecular formula is C12H30GeOSi. The first-order valence-electron chi connectivity index (χ1n) is 6.53. The van der Waals surface area contributed by atoms with Gasteiger partial charge in [-0.2, -0.15) is 0 Å². The molecule has 0 saturated carbocycles. The molecule has 0 amide bonds. The van der Waals surface area contributed by atoms with Crippen molar-refractivity contribution in [2.75, 3.05) is 6.61 Å². The standard InChI is InChI=1S/C12H30GeOSi/c1-7-13(8-2,9-3)11-10-12-14-15(4,5)6/h7-12H2,1-6H3. The van der Waals surface area contributed by atoms with Crippen molar-refractivity contribution < 1.29 is 4.43 Å². The summed E-state index contributed by atoms with van der Waals surface area (Å²) in [6.45, 7) is 15.1. The summed E-state index contributed by atoms with van der Waals surface area (Å²) in [4.78, 5) is 0. The van der Waals surface area contributed by atoms with Crippen LogP contribution < -0.4 is 0 Å². The molecule has 0 N–H and O–H groups in total. The summed E-state index contributed by atoms with van der Waals surface area (Å²) in [6, 6.07) is 0. The Hall–Kier alpha value is 0.720. The van der Waals surface area contributed by atoms with Crippen LogP contribution in [0, 0.1) is 0 Å². The molecule has 0 aromatic heterocycles. The molecule has 0 spiro atoms. The van der Waals surface area contributed by atoms with E-state index in [-0.39, 0.29) is 0 Å². The quantitative estimate of drug-likeness (QED) is 0.464. The van der Waals surface area contributed by atoms with E-state index in [1.807, 2.05) is 0 Å². The first kappa shape index (κ1) is 15.7. The average Bonchev–Trinajstić information content (AvgIpc) is 2.18. The predicted octanol–water partition coefficient (Wildman–Crippen LogP) is 4.74. The van der Waals surface area contributed by atoms with Gasteiger partial charge < -0.3 is 0 Å². The Morgan fingerprint density at radius 2 is 1.40 bits per heavy atom. The fourth-order valence-electron chi connectivity index (χ4n) is 2.11. The molecule has 0 heterocycles. The second-order valence-electron chi connectivity index (χ2n) is 5.63. The van der Waals surface area contributed by atoms with Crippen LogP contribution in [0.25, 0.3) is 0 Å². The monoisotopic (exact) mass is 292 g/mol. The van der Waals surface area contributed by atoms with E-state index in [0.717, 1.165) is 6.61 Å². The van der Waals surface area contributed by atoms with E-state index in [1.165, 1.54) is 27.4 Å². The molecule has 0 fully saturated rings. The third-order valence-electron chi connectivity index (χ3n) is 3.64. The fourth-order valence-corrected chi connectivity index (χ4v) is 10.1. The molecule has 0 rings (SSSR count). The van der Waals surface area contributed by atoms with E-state index >= 15 is 0 Å². The van der Waals surface area contributed by atoms with Crippen LogP contribution in [0.15, 0.2) is 0 Å². The zero-order valence-corrected chi connectivity index (χ0v) is 14.7. The Labute approximate surface area is 100 Å². The Balaban J connectivity index is 3.82. The first-order chi connectivity index (χ1) is 6.89. The summed E-state index contributed by atoms with van der Waals surface area (Å²) in [7, 11) is -1.26. The van der Waals surface area contributed by atoms with E-state index in [0.29, 0.717) is 0 Å². The van der Waals surface area contributed by atoms with Gasteiger partial charge in [0, 0.05) is 0 Å². The second kappa shape index (κ2) is 7.13. The van der Waals surface area contributed by atoms with Gasteiger partial charge in [0.15, 0.2) is 0 Å². The van der Waals surface area contributed by atoms with Crippen molar-refractivity contribution in [3.63, 3.8) is 0 Å². The number of hydrogen-bond acceptors (Lipinski definition) is 1. The summed E-state index contributed by atoms with van der Waals surface area (Å²) in [5, 5.41) is 6.02. The zero-order valence-electron chi connectivity index (χ0n) is 11.7.